The van der Waals surface area contributed by atoms with Gasteiger partial charge < -0.3 is 15.2 Å². The van der Waals surface area contributed by atoms with E-state index in [0.717, 1.165) is 66.5 Å². The number of aryl methyl sites for hydroxylation is 1. The van der Waals surface area contributed by atoms with Gasteiger partial charge in [0.1, 0.15) is 5.82 Å². The van der Waals surface area contributed by atoms with Crippen LogP contribution < -0.4 is 5.32 Å². The van der Waals surface area contributed by atoms with E-state index in [1.807, 2.05) is 54.4 Å². The molecule has 224 valence electrons. The summed E-state index contributed by atoms with van der Waals surface area (Å²) in [7, 11) is 0. The fourth-order valence-electron chi connectivity index (χ4n) is 5.38. The lowest BCUT2D eigenvalue weighted by Gasteiger charge is -2.40. The second-order valence-electron chi connectivity index (χ2n) is 10.8. The minimum atomic E-state index is -4.40. The highest BCUT2D eigenvalue weighted by atomic mass is 19.4. The van der Waals surface area contributed by atoms with E-state index >= 15 is 0 Å². The van der Waals surface area contributed by atoms with E-state index in [4.69, 9.17) is 0 Å². The lowest BCUT2D eigenvalue weighted by Crippen LogP contribution is -2.47. The zero-order valence-electron chi connectivity index (χ0n) is 24.2. The van der Waals surface area contributed by atoms with Gasteiger partial charge in [-0.15, -0.1) is 0 Å². The number of hydrogen-bond acceptors (Lipinski definition) is 5. The van der Waals surface area contributed by atoms with Gasteiger partial charge >= 0.3 is 6.18 Å². The zero-order valence-corrected chi connectivity index (χ0v) is 24.2. The highest BCUT2D eigenvalue weighted by molar-refractivity contribution is 5.92. The fraction of sp³-hybridized carbons (Fsp3) is 0.303. The predicted molar refractivity (Wildman–Crippen MR) is 161 cm³/mol. The van der Waals surface area contributed by atoms with Crippen molar-refractivity contribution in [2.45, 2.75) is 51.5 Å². The summed E-state index contributed by atoms with van der Waals surface area (Å²) in [5, 5.41) is 3.37. The van der Waals surface area contributed by atoms with Gasteiger partial charge in [-0.3, -0.25) is 14.7 Å². The number of carbonyl (C=O) groups excluding carboxylic acids is 1. The Bertz CT molecular complexity index is 1510. The normalized spacial score (nSPS) is 15.5. The number of alkyl halides is 3. The molecule has 0 aliphatic carbocycles. The smallest absolute Gasteiger partial charge is 0.355 e. The van der Waals surface area contributed by atoms with Crippen LogP contribution in [0.25, 0.3) is 6.08 Å². The molecule has 1 unspecified atom stereocenters. The summed E-state index contributed by atoms with van der Waals surface area (Å²) in [6.45, 7) is 6.11. The van der Waals surface area contributed by atoms with Crippen LogP contribution in [-0.4, -0.2) is 49.8 Å². The van der Waals surface area contributed by atoms with Crippen molar-refractivity contribution in [3.63, 3.8) is 0 Å². The van der Waals surface area contributed by atoms with Crippen LogP contribution in [-0.2, 0) is 17.5 Å². The van der Waals surface area contributed by atoms with Crippen molar-refractivity contribution in [2.24, 2.45) is 0 Å². The number of H-pyrrole nitrogens is 1. The summed E-state index contributed by atoms with van der Waals surface area (Å²) in [6.07, 6.45) is 5.56. The number of rotatable bonds is 9. The Hall–Kier alpha value is -4.44. The number of hydrogen-bond donors (Lipinski definition) is 2. The van der Waals surface area contributed by atoms with E-state index in [1.54, 1.807) is 18.5 Å². The van der Waals surface area contributed by atoms with E-state index in [1.165, 1.54) is 18.2 Å². The van der Waals surface area contributed by atoms with Gasteiger partial charge in [0.05, 0.1) is 11.6 Å². The second-order valence-corrected chi connectivity index (χ2v) is 10.8. The van der Waals surface area contributed by atoms with Crippen molar-refractivity contribution >= 4 is 23.4 Å². The molecule has 7 nitrogen and oxygen atoms in total. The van der Waals surface area contributed by atoms with Gasteiger partial charge in [0.25, 0.3) is 0 Å². The molecule has 2 aromatic heterocycles. The van der Waals surface area contributed by atoms with E-state index < -0.39 is 11.7 Å². The van der Waals surface area contributed by atoms with Crippen LogP contribution in [0.15, 0.2) is 85.3 Å². The lowest BCUT2D eigenvalue weighted by molar-refractivity contribution is -0.137. The van der Waals surface area contributed by atoms with Gasteiger partial charge in [0.15, 0.2) is 0 Å². The summed E-state index contributed by atoms with van der Waals surface area (Å²) >= 11 is 0. The third-order valence-corrected chi connectivity index (χ3v) is 7.83. The molecule has 4 aromatic rings. The molecule has 0 saturated carbocycles. The van der Waals surface area contributed by atoms with Crippen LogP contribution in [0.5, 0.6) is 0 Å². The SMILES string of the molecule is Cc1cc(Nc2ccc(CN(C(=O)/C=C/c3ccc(C(F)(F)F)cc3)C3CCN(C(C)c4ncc[nH]4)CC3)cc2)ccn1. The van der Waals surface area contributed by atoms with Crippen molar-refractivity contribution in [1.82, 2.24) is 24.8 Å². The van der Waals surface area contributed by atoms with Gasteiger partial charge in [-0.05, 0) is 80.3 Å². The van der Waals surface area contributed by atoms with Crippen molar-refractivity contribution in [1.29, 1.82) is 0 Å². The first-order valence-electron chi connectivity index (χ1n) is 14.3. The first kappa shape index (κ1) is 30.0. The summed E-state index contributed by atoms with van der Waals surface area (Å²) in [5.74, 6) is 0.744. The van der Waals surface area contributed by atoms with Crippen LogP contribution in [0.4, 0.5) is 24.5 Å². The molecule has 43 heavy (non-hydrogen) atoms. The molecule has 0 radical (unpaired) electrons. The predicted octanol–water partition coefficient (Wildman–Crippen LogP) is 7.14. The number of aromatic amines is 1. The lowest BCUT2D eigenvalue weighted by atomic mass is 10.00. The molecule has 1 fully saturated rings. The molecule has 1 aliphatic heterocycles. The monoisotopic (exact) mass is 588 g/mol. The standard InChI is InChI=1S/C33H35F3N6O/c1-23-21-29(13-16-37-23)40-28-10-5-26(6-11-28)22-42(30-14-19-41(20-15-30)24(2)32-38-17-18-39-32)31(43)12-7-25-3-8-27(9-4-25)33(34,35)36/h3-13,16-18,21,24,30H,14-15,19-20,22H2,1-2H3,(H,37,40)(H,38,39)/b12-7+. The molecule has 5 rings (SSSR count). The van der Waals surface area contributed by atoms with E-state index in [0.29, 0.717) is 12.1 Å². The van der Waals surface area contributed by atoms with Crippen molar-refractivity contribution in [3.8, 4) is 0 Å². The Morgan fingerprint density at radius 3 is 2.40 bits per heavy atom. The number of benzene rings is 2. The highest BCUT2D eigenvalue weighted by Gasteiger charge is 2.31. The number of nitrogens with one attached hydrogen (secondary N) is 2. The Morgan fingerprint density at radius 2 is 1.77 bits per heavy atom. The van der Waals surface area contributed by atoms with Crippen LogP contribution in [0.3, 0.4) is 0 Å². The third-order valence-electron chi connectivity index (χ3n) is 7.83. The Balaban J connectivity index is 1.30. The first-order chi connectivity index (χ1) is 20.7. The molecule has 1 atom stereocenters. The fourth-order valence-corrected chi connectivity index (χ4v) is 5.38. The third kappa shape index (κ3) is 7.90. The van der Waals surface area contributed by atoms with Crippen molar-refractivity contribution in [3.05, 3.63) is 114 Å². The van der Waals surface area contributed by atoms with Gasteiger partial charge in [-0.25, -0.2) is 4.98 Å². The average molecular weight is 589 g/mol. The molecule has 2 N–H and O–H groups in total. The molecule has 1 aliphatic rings. The van der Waals surface area contributed by atoms with Gasteiger partial charge in [0, 0.05) is 67.4 Å². The largest absolute Gasteiger partial charge is 0.416 e. The summed E-state index contributed by atoms with van der Waals surface area (Å²) < 4.78 is 38.9. The van der Waals surface area contributed by atoms with Crippen molar-refractivity contribution in [2.75, 3.05) is 18.4 Å². The van der Waals surface area contributed by atoms with Crippen LogP contribution in [0.1, 0.15) is 54.0 Å². The van der Waals surface area contributed by atoms with Crippen LogP contribution >= 0.6 is 0 Å². The Morgan fingerprint density at radius 1 is 1.05 bits per heavy atom. The minimum Gasteiger partial charge on any atom is -0.355 e. The highest BCUT2D eigenvalue weighted by Crippen LogP contribution is 2.30. The van der Waals surface area contributed by atoms with Crippen LogP contribution in [0, 0.1) is 6.92 Å². The van der Waals surface area contributed by atoms with E-state index in [9.17, 15) is 18.0 Å². The number of likely N-dealkylation sites (tertiary alicyclic amines) is 1. The number of nitrogens with zero attached hydrogens (tertiary/aromatic N) is 4. The van der Waals surface area contributed by atoms with Gasteiger partial charge in [-0.1, -0.05) is 24.3 Å². The zero-order chi connectivity index (χ0) is 30.4. The van der Waals surface area contributed by atoms with Gasteiger partial charge in [-0.2, -0.15) is 13.2 Å². The number of imidazole rings is 1. The summed E-state index contributed by atoms with van der Waals surface area (Å²) in [6, 6.07) is 16.8. The van der Waals surface area contributed by atoms with Crippen molar-refractivity contribution < 1.29 is 18.0 Å². The molecule has 1 amide bonds. The molecular formula is C33H35F3N6O. The first-order valence-corrected chi connectivity index (χ1v) is 14.3. The maximum atomic E-state index is 13.6. The summed E-state index contributed by atoms with van der Waals surface area (Å²) in [4.78, 5) is 29.7. The molecule has 1 saturated heterocycles. The maximum Gasteiger partial charge on any atom is 0.416 e. The average Bonchev–Trinajstić information content (AvgIpc) is 3.54. The molecular weight excluding hydrogens is 553 g/mol. The Labute approximate surface area is 249 Å². The van der Waals surface area contributed by atoms with E-state index in [-0.39, 0.29) is 18.0 Å². The maximum absolute atomic E-state index is 13.6. The molecule has 0 bridgehead atoms. The Kier molecular flexibility index (Phi) is 9.25. The number of halogens is 3. The molecule has 3 heterocycles. The number of carbonyl (C=O) groups is 1. The quantitative estimate of drug-likeness (QED) is 0.203. The molecule has 2 aromatic carbocycles. The molecule has 10 heteroatoms. The number of amides is 1. The minimum absolute atomic E-state index is 0.0161. The van der Waals surface area contributed by atoms with Crippen LogP contribution in [0.2, 0.25) is 0 Å². The number of aromatic nitrogens is 3. The van der Waals surface area contributed by atoms with Gasteiger partial charge in [0.2, 0.25) is 5.91 Å². The number of piperidine rings is 1. The topological polar surface area (TPSA) is 77.2 Å². The second kappa shape index (κ2) is 13.2. The van der Waals surface area contributed by atoms with E-state index in [2.05, 4.69) is 32.1 Å². The molecule has 0 spiro atoms. The number of anilines is 2. The number of pyridine rings is 1. The summed E-state index contributed by atoms with van der Waals surface area (Å²) in [5.41, 5.74) is 3.59.